The third kappa shape index (κ3) is 2.38. The number of hydrogen-bond donors (Lipinski definition) is 1. The third-order valence-electron chi connectivity index (χ3n) is 3.14. The average molecular weight is 263 g/mol. The largest absolute Gasteiger partial charge is 0.356 e. The zero-order chi connectivity index (χ0) is 12.5. The molecule has 0 saturated heterocycles. The minimum Gasteiger partial charge on any atom is -0.356 e. The lowest BCUT2D eigenvalue weighted by Gasteiger charge is -2.00. The Morgan fingerprint density at radius 2 is 2.33 bits per heavy atom. The van der Waals surface area contributed by atoms with E-state index in [0.29, 0.717) is 5.92 Å². The molecule has 0 aliphatic heterocycles. The highest BCUT2D eigenvalue weighted by molar-refractivity contribution is 7.09. The number of anilines is 1. The van der Waals surface area contributed by atoms with Crippen molar-refractivity contribution in [1.29, 1.82) is 0 Å². The number of nitrogens with zero attached hydrogens (tertiary/aromatic N) is 4. The van der Waals surface area contributed by atoms with E-state index in [1.165, 1.54) is 29.9 Å². The molecule has 0 radical (unpaired) electrons. The molecular weight excluding hydrogens is 246 g/mol. The molecule has 18 heavy (non-hydrogen) atoms. The summed E-state index contributed by atoms with van der Waals surface area (Å²) < 4.78 is 6.25. The van der Waals surface area contributed by atoms with E-state index in [9.17, 15) is 0 Å². The van der Waals surface area contributed by atoms with Crippen LogP contribution in [0.25, 0.3) is 0 Å². The van der Waals surface area contributed by atoms with E-state index < -0.39 is 0 Å². The van der Waals surface area contributed by atoms with E-state index in [4.69, 9.17) is 0 Å². The zero-order valence-corrected chi connectivity index (χ0v) is 11.5. The lowest BCUT2D eigenvalue weighted by atomic mass is 10.2. The van der Waals surface area contributed by atoms with Crippen molar-refractivity contribution < 1.29 is 0 Å². The highest BCUT2D eigenvalue weighted by Crippen LogP contribution is 2.39. The smallest absolute Gasteiger partial charge is 0.202 e. The van der Waals surface area contributed by atoms with E-state index >= 15 is 0 Å². The molecular formula is C12H17N5S. The molecule has 0 spiro atoms. The first kappa shape index (κ1) is 11.6. The highest BCUT2D eigenvalue weighted by atomic mass is 32.1. The Balaban J connectivity index is 1.65. The van der Waals surface area contributed by atoms with Crippen molar-refractivity contribution in [2.24, 2.45) is 7.05 Å². The lowest BCUT2D eigenvalue weighted by molar-refractivity contribution is 0.746. The van der Waals surface area contributed by atoms with E-state index in [-0.39, 0.29) is 0 Å². The molecule has 96 valence electrons. The van der Waals surface area contributed by atoms with Gasteiger partial charge in [-0.3, -0.25) is 4.68 Å². The van der Waals surface area contributed by atoms with E-state index in [1.54, 1.807) is 0 Å². The second kappa shape index (κ2) is 4.68. The monoisotopic (exact) mass is 263 g/mol. The van der Waals surface area contributed by atoms with Crippen molar-refractivity contribution >= 4 is 16.7 Å². The standard InChI is InChI=1S/C12H17N5S/c1-3-10-9(7-17(2)15-10)6-13-12-14-11(16-18-12)8-4-5-8/h7-8H,3-6H2,1-2H3,(H,13,14,16). The van der Waals surface area contributed by atoms with Gasteiger partial charge in [0.1, 0.15) is 5.82 Å². The van der Waals surface area contributed by atoms with Gasteiger partial charge in [0.2, 0.25) is 5.13 Å². The molecule has 2 heterocycles. The molecule has 0 bridgehead atoms. The number of aryl methyl sites for hydroxylation is 2. The van der Waals surface area contributed by atoms with Crippen LogP contribution in [0.5, 0.6) is 0 Å². The Kier molecular flexibility index (Phi) is 3.03. The summed E-state index contributed by atoms with van der Waals surface area (Å²) in [6.07, 6.45) is 5.52. The quantitative estimate of drug-likeness (QED) is 0.899. The van der Waals surface area contributed by atoms with Crippen LogP contribution in [0.4, 0.5) is 5.13 Å². The molecule has 5 nitrogen and oxygen atoms in total. The molecule has 3 rings (SSSR count). The Morgan fingerprint density at radius 1 is 1.50 bits per heavy atom. The van der Waals surface area contributed by atoms with Crippen LogP contribution >= 0.6 is 11.5 Å². The molecule has 1 aliphatic carbocycles. The summed E-state index contributed by atoms with van der Waals surface area (Å²) in [6, 6.07) is 0. The molecule has 0 amide bonds. The van der Waals surface area contributed by atoms with Gasteiger partial charge in [0.25, 0.3) is 0 Å². The highest BCUT2D eigenvalue weighted by Gasteiger charge is 2.27. The van der Waals surface area contributed by atoms with Crippen LogP contribution in [-0.4, -0.2) is 19.1 Å². The van der Waals surface area contributed by atoms with Gasteiger partial charge in [-0.2, -0.15) is 9.47 Å². The molecule has 6 heteroatoms. The second-order valence-electron chi connectivity index (χ2n) is 4.71. The van der Waals surface area contributed by atoms with Crippen LogP contribution < -0.4 is 5.32 Å². The third-order valence-corrected chi connectivity index (χ3v) is 3.83. The van der Waals surface area contributed by atoms with Crippen LogP contribution in [0.3, 0.4) is 0 Å². The molecule has 2 aromatic heterocycles. The predicted octanol–water partition coefficient (Wildman–Crippen LogP) is 2.32. The fourth-order valence-electron chi connectivity index (χ4n) is 2.01. The predicted molar refractivity (Wildman–Crippen MR) is 71.8 cm³/mol. The van der Waals surface area contributed by atoms with Gasteiger partial charge in [-0.15, -0.1) is 0 Å². The summed E-state index contributed by atoms with van der Waals surface area (Å²) in [7, 11) is 1.96. The van der Waals surface area contributed by atoms with Gasteiger partial charge >= 0.3 is 0 Å². The summed E-state index contributed by atoms with van der Waals surface area (Å²) in [6.45, 7) is 2.90. The summed E-state index contributed by atoms with van der Waals surface area (Å²) in [5, 5.41) is 8.69. The van der Waals surface area contributed by atoms with E-state index in [2.05, 4.69) is 32.9 Å². The van der Waals surface area contributed by atoms with Gasteiger partial charge in [0, 0.05) is 42.8 Å². The minimum atomic E-state index is 0.626. The first-order chi connectivity index (χ1) is 8.76. The fourth-order valence-corrected chi connectivity index (χ4v) is 2.65. The van der Waals surface area contributed by atoms with Crippen molar-refractivity contribution in [1.82, 2.24) is 19.1 Å². The first-order valence-corrected chi connectivity index (χ1v) is 7.12. The average Bonchev–Trinajstić information content (AvgIpc) is 2.99. The van der Waals surface area contributed by atoms with Gasteiger partial charge in [-0.05, 0) is 19.3 Å². The number of rotatable bonds is 5. The normalized spacial score (nSPS) is 15.0. The number of hydrogen-bond acceptors (Lipinski definition) is 5. The maximum absolute atomic E-state index is 4.52. The fraction of sp³-hybridized carbons (Fsp3) is 0.583. The van der Waals surface area contributed by atoms with Crippen molar-refractivity contribution in [2.75, 3.05) is 5.32 Å². The van der Waals surface area contributed by atoms with E-state index in [0.717, 1.165) is 29.6 Å². The lowest BCUT2D eigenvalue weighted by Crippen LogP contribution is -2.00. The first-order valence-electron chi connectivity index (χ1n) is 6.35. The van der Waals surface area contributed by atoms with Crippen LogP contribution in [-0.2, 0) is 20.0 Å². The number of nitrogens with one attached hydrogen (secondary N) is 1. The summed E-state index contributed by atoms with van der Waals surface area (Å²) in [4.78, 5) is 4.52. The van der Waals surface area contributed by atoms with Gasteiger partial charge in [-0.25, -0.2) is 4.98 Å². The van der Waals surface area contributed by atoms with Gasteiger partial charge in [-0.1, -0.05) is 6.92 Å². The molecule has 1 saturated carbocycles. The van der Waals surface area contributed by atoms with Crippen LogP contribution in [0.1, 0.15) is 42.8 Å². The minimum absolute atomic E-state index is 0.626. The molecule has 0 atom stereocenters. The summed E-state index contributed by atoms with van der Waals surface area (Å²) in [5.41, 5.74) is 2.39. The maximum atomic E-state index is 4.52. The van der Waals surface area contributed by atoms with Crippen LogP contribution in [0, 0.1) is 0 Å². The van der Waals surface area contributed by atoms with E-state index in [1.807, 2.05) is 11.7 Å². The molecule has 0 aromatic carbocycles. The van der Waals surface area contributed by atoms with Gasteiger partial charge in [0.15, 0.2) is 0 Å². The van der Waals surface area contributed by atoms with Crippen molar-refractivity contribution in [2.45, 2.75) is 38.6 Å². The van der Waals surface area contributed by atoms with Crippen molar-refractivity contribution in [3.05, 3.63) is 23.3 Å². The molecule has 1 N–H and O–H groups in total. The zero-order valence-electron chi connectivity index (χ0n) is 10.7. The molecule has 1 fully saturated rings. The van der Waals surface area contributed by atoms with Gasteiger partial charge in [0.05, 0.1) is 5.69 Å². The maximum Gasteiger partial charge on any atom is 0.202 e. The topological polar surface area (TPSA) is 55.6 Å². The SMILES string of the molecule is CCc1nn(C)cc1CNc1nc(C2CC2)ns1. The van der Waals surface area contributed by atoms with Crippen LogP contribution in [0.2, 0.25) is 0 Å². The Bertz CT molecular complexity index is 540. The Labute approximate surface area is 110 Å². The van der Waals surface area contributed by atoms with Gasteiger partial charge < -0.3 is 5.32 Å². The van der Waals surface area contributed by atoms with Crippen molar-refractivity contribution in [3.8, 4) is 0 Å². The van der Waals surface area contributed by atoms with Crippen molar-refractivity contribution in [3.63, 3.8) is 0 Å². The molecule has 0 unspecified atom stereocenters. The molecule has 2 aromatic rings. The Morgan fingerprint density at radius 3 is 3.06 bits per heavy atom. The second-order valence-corrected chi connectivity index (χ2v) is 5.47. The van der Waals surface area contributed by atoms with Crippen LogP contribution in [0.15, 0.2) is 6.20 Å². The molecule has 1 aliphatic rings. The summed E-state index contributed by atoms with van der Waals surface area (Å²) in [5.74, 6) is 1.64. The number of aromatic nitrogens is 4. The summed E-state index contributed by atoms with van der Waals surface area (Å²) >= 11 is 1.46. The Hall–Kier alpha value is -1.43.